The van der Waals surface area contributed by atoms with Crippen molar-refractivity contribution in [2.45, 2.75) is 52.7 Å². The van der Waals surface area contributed by atoms with Gasteiger partial charge in [0.05, 0.1) is 5.69 Å². The van der Waals surface area contributed by atoms with Crippen LogP contribution in [0.2, 0.25) is 0 Å². The molecule has 0 saturated heterocycles. The van der Waals surface area contributed by atoms with Gasteiger partial charge in [-0.1, -0.05) is 32.9 Å². The second-order valence-electron chi connectivity index (χ2n) is 7.18. The van der Waals surface area contributed by atoms with Crippen molar-refractivity contribution in [1.29, 1.82) is 0 Å². The topological polar surface area (TPSA) is 21.3 Å². The second kappa shape index (κ2) is 4.85. The summed E-state index contributed by atoms with van der Waals surface area (Å²) in [6.07, 6.45) is 3.57. The molecule has 2 bridgehead atoms. The van der Waals surface area contributed by atoms with Crippen LogP contribution in [0.15, 0.2) is 24.3 Å². The maximum absolute atomic E-state index is 12.5. The Kier molecular flexibility index (Phi) is 3.38. The molecular formula is C17H23F2NO. The van der Waals surface area contributed by atoms with Crippen LogP contribution in [0.25, 0.3) is 0 Å². The number of alkyl halides is 2. The van der Waals surface area contributed by atoms with Crippen LogP contribution in [-0.4, -0.2) is 12.7 Å². The average molecular weight is 295 g/mol. The number of nitrogens with one attached hydrogen (secondary N) is 1. The van der Waals surface area contributed by atoms with Crippen molar-refractivity contribution in [2.24, 2.45) is 16.7 Å². The predicted molar refractivity (Wildman–Crippen MR) is 79.7 cm³/mol. The average Bonchev–Trinajstić information content (AvgIpc) is 2.73. The molecule has 2 aliphatic carbocycles. The zero-order valence-electron chi connectivity index (χ0n) is 12.8. The number of halogens is 2. The van der Waals surface area contributed by atoms with Gasteiger partial charge in [0, 0.05) is 6.04 Å². The summed E-state index contributed by atoms with van der Waals surface area (Å²) in [5.74, 6) is 0.944. The van der Waals surface area contributed by atoms with E-state index in [4.69, 9.17) is 0 Å². The quantitative estimate of drug-likeness (QED) is 0.851. The Morgan fingerprint density at radius 3 is 2.52 bits per heavy atom. The Morgan fingerprint density at radius 1 is 1.24 bits per heavy atom. The molecule has 0 amide bonds. The van der Waals surface area contributed by atoms with E-state index in [-0.39, 0.29) is 11.2 Å². The highest BCUT2D eigenvalue weighted by Gasteiger charge is 2.61. The molecule has 116 valence electrons. The van der Waals surface area contributed by atoms with Gasteiger partial charge in [0.2, 0.25) is 0 Å². The molecule has 0 radical (unpaired) electrons. The molecule has 2 saturated carbocycles. The van der Waals surface area contributed by atoms with E-state index in [1.54, 1.807) is 12.1 Å². The molecule has 0 spiro atoms. The van der Waals surface area contributed by atoms with E-state index < -0.39 is 6.61 Å². The predicted octanol–water partition coefficient (Wildman–Crippen LogP) is 4.91. The lowest BCUT2D eigenvalue weighted by Gasteiger charge is -2.40. The first-order valence-corrected chi connectivity index (χ1v) is 7.65. The number of rotatable bonds is 4. The lowest BCUT2D eigenvalue weighted by molar-refractivity contribution is -0.0494. The van der Waals surface area contributed by atoms with Crippen molar-refractivity contribution in [3.63, 3.8) is 0 Å². The van der Waals surface area contributed by atoms with Gasteiger partial charge in [0.1, 0.15) is 5.75 Å². The smallest absolute Gasteiger partial charge is 0.387 e. The molecule has 3 rings (SSSR count). The van der Waals surface area contributed by atoms with Crippen LogP contribution >= 0.6 is 0 Å². The van der Waals surface area contributed by atoms with Crippen LogP contribution < -0.4 is 10.1 Å². The van der Waals surface area contributed by atoms with Crippen LogP contribution in [0.1, 0.15) is 40.0 Å². The molecule has 21 heavy (non-hydrogen) atoms. The molecule has 4 heteroatoms. The van der Waals surface area contributed by atoms with Gasteiger partial charge in [-0.2, -0.15) is 8.78 Å². The SMILES string of the molecule is CC1(C)C2CCC1(C)C(Nc1ccccc1OC(F)F)C2. The molecule has 0 aliphatic heterocycles. The fourth-order valence-corrected chi connectivity index (χ4v) is 4.39. The molecular weight excluding hydrogens is 272 g/mol. The van der Waals surface area contributed by atoms with Crippen molar-refractivity contribution in [1.82, 2.24) is 0 Å². The Morgan fingerprint density at radius 2 is 1.95 bits per heavy atom. The van der Waals surface area contributed by atoms with E-state index >= 15 is 0 Å². The van der Waals surface area contributed by atoms with Gasteiger partial charge in [-0.15, -0.1) is 0 Å². The summed E-state index contributed by atoms with van der Waals surface area (Å²) in [6, 6.07) is 7.29. The van der Waals surface area contributed by atoms with E-state index in [1.807, 2.05) is 12.1 Å². The van der Waals surface area contributed by atoms with Crippen molar-refractivity contribution < 1.29 is 13.5 Å². The lowest BCUT2D eigenvalue weighted by atomic mass is 9.69. The van der Waals surface area contributed by atoms with Gasteiger partial charge < -0.3 is 10.1 Å². The number of hydrogen-bond donors (Lipinski definition) is 1. The number of benzene rings is 1. The summed E-state index contributed by atoms with van der Waals surface area (Å²) in [4.78, 5) is 0. The van der Waals surface area contributed by atoms with Gasteiger partial charge in [0.25, 0.3) is 0 Å². The maximum Gasteiger partial charge on any atom is 0.387 e. The van der Waals surface area contributed by atoms with Crippen LogP contribution in [0.3, 0.4) is 0 Å². The highest BCUT2D eigenvalue weighted by Crippen LogP contribution is 2.66. The van der Waals surface area contributed by atoms with Gasteiger partial charge in [-0.3, -0.25) is 0 Å². The van der Waals surface area contributed by atoms with Gasteiger partial charge in [-0.05, 0) is 48.1 Å². The van der Waals surface area contributed by atoms with Crippen molar-refractivity contribution in [3.8, 4) is 5.75 Å². The molecule has 3 unspecified atom stereocenters. The minimum Gasteiger partial charge on any atom is -0.433 e. The summed E-state index contributed by atoms with van der Waals surface area (Å²) < 4.78 is 29.6. The zero-order valence-corrected chi connectivity index (χ0v) is 12.8. The fourth-order valence-electron chi connectivity index (χ4n) is 4.39. The van der Waals surface area contributed by atoms with Crippen LogP contribution in [0.5, 0.6) is 5.75 Å². The molecule has 0 aromatic heterocycles. The number of ether oxygens (including phenoxy) is 1. The third-order valence-electron chi connectivity index (χ3n) is 6.23. The van der Waals surface area contributed by atoms with Crippen molar-refractivity contribution in [3.05, 3.63) is 24.3 Å². The largest absolute Gasteiger partial charge is 0.433 e. The normalized spacial score (nSPS) is 33.4. The molecule has 1 aromatic rings. The second-order valence-corrected chi connectivity index (χ2v) is 7.18. The molecule has 1 aromatic carbocycles. The molecule has 2 nitrogen and oxygen atoms in total. The summed E-state index contributed by atoms with van der Waals surface area (Å²) >= 11 is 0. The van der Waals surface area contributed by atoms with E-state index in [0.29, 0.717) is 23.1 Å². The number of para-hydroxylation sites is 2. The Bertz CT molecular complexity index is 531. The lowest BCUT2D eigenvalue weighted by Crippen LogP contribution is -2.40. The minimum atomic E-state index is -2.79. The van der Waals surface area contributed by atoms with Crippen LogP contribution in [-0.2, 0) is 0 Å². The third kappa shape index (κ3) is 2.19. The molecule has 3 atom stereocenters. The molecule has 2 fully saturated rings. The van der Waals surface area contributed by atoms with Crippen molar-refractivity contribution in [2.75, 3.05) is 5.32 Å². The standard InChI is InChI=1S/C17H23F2NO/c1-16(2)11-8-9-17(16,3)14(10-11)20-12-6-4-5-7-13(12)21-15(18)19/h4-7,11,14-15,20H,8-10H2,1-3H3. The molecule has 1 N–H and O–H groups in total. The highest BCUT2D eigenvalue weighted by molar-refractivity contribution is 5.57. The Hall–Kier alpha value is -1.32. The van der Waals surface area contributed by atoms with Crippen LogP contribution in [0, 0.1) is 16.7 Å². The minimum absolute atomic E-state index is 0.204. The van der Waals surface area contributed by atoms with E-state index in [0.717, 1.165) is 6.42 Å². The Labute approximate surface area is 124 Å². The number of anilines is 1. The maximum atomic E-state index is 12.5. The van der Waals surface area contributed by atoms with Gasteiger partial charge in [-0.25, -0.2) is 0 Å². The van der Waals surface area contributed by atoms with Crippen molar-refractivity contribution >= 4 is 5.69 Å². The van der Waals surface area contributed by atoms with Crippen LogP contribution in [0.4, 0.5) is 14.5 Å². The van der Waals surface area contributed by atoms with E-state index in [2.05, 4.69) is 30.8 Å². The van der Waals surface area contributed by atoms with E-state index in [1.165, 1.54) is 12.8 Å². The first-order valence-electron chi connectivity index (χ1n) is 7.65. The summed E-state index contributed by atoms with van der Waals surface area (Å²) in [7, 11) is 0. The summed E-state index contributed by atoms with van der Waals surface area (Å²) in [6.45, 7) is 4.22. The van der Waals surface area contributed by atoms with Gasteiger partial charge >= 0.3 is 6.61 Å². The highest BCUT2D eigenvalue weighted by atomic mass is 19.3. The number of fused-ring (bicyclic) bond motifs is 2. The van der Waals surface area contributed by atoms with Gasteiger partial charge in [0.15, 0.2) is 0 Å². The summed E-state index contributed by atoms with van der Waals surface area (Å²) in [5, 5.41) is 3.48. The van der Waals surface area contributed by atoms with E-state index in [9.17, 15) is 8.78 Å². The fraction of sp³-hybridized carbons (Fsp3) is 0.647. The first kappa shape index (κ1) is 14.6. The monoisotopic (exact) mass is 295 g/mol. The third-order valence-corrected chi connectivity index (χ3v) is 6.23. The first-order chi connectivity index (χ1) is 9.84. The Balaban J connectivity index is 1.83. The summed E-state index contributed by atoms with van der Waals surface area (Å²) in [5.41, 5.74) is 1.17. The zero-order chi connectivity index (χ0) is 15.3. The number of hydrogen-bond acceptors (Lipinski definition) is 2. The molecule has 0 heterocycles. The molecule has 2 aliphatic rings.